The molecule has 1 unspecified atom stereocenters. The van der Waals surface area contributed by atoms with E-state index in [1.807, 2.05) is 18.5 Å². The van der Waals surface area contributed by atoms with Gasteiger partial charge in [0.1, 0.15) is 0 Å². The van der Waals surface area contributed by atoms with Crippen LogP contribution in [0.4, 0.5) is 11.6 Å². The number of hydrogen-bond donors (Lipinski definition) is 1. The molecular formula is C26H33ClN6. The number of aromatic nitrogens is 4. The molecule has 33 heavy (non-hydrogen) atoms. The van der Waals surface area contributed by atoms with Gasteiger partial charge in [-0.2, -0.15) is 5.10 Å². The minimum absolute atomic E-state index is 0.500. The van der Waals surface area contributed by atoms with Gasteiger partial charge in [-0.05, 0) is 88.1 Å². The minimum atomic E-state index is 0.500. The van der Waals surface area contributed by atoms with Crippen LogP contribution < -0.4 is 5.32 Å². The summed E-state index contributed by atoms with van der Waals surface area (Å²) in [5.41, 5.74) is 4.31. The van der Waals surface area contributed by atoms with E-state index in [2.05, 4.69) is 44.9 Å². The molecule has 0 amide bonds. The van der Waals surface area contributed by atoms with Gasteiger partial charge >= 0.3 is 0 Å². The zero-order valence-corrected chi connectivity index (χ0v) is 20.4. The topological polar surface area (TPSA) is 58.9 Å². The van der Waals surface area contributed by atoms with Gasteiger partial charge < -0.3 is 10.2 Å². The highest BCUT2D eigenvalue weighted by Gasteiger charge is 2.32. The summed E-state index contributed by atoms with van der Waals surface area (Å²) in [6, 6.07) is 5.58. The van der Waals surface area contributed by atoms with Crippen molar-refractivity contribution in [2.45, 2.75) is 76.8 Å². The highest BCUT2D eigenvalue weighted by molar-refractivity contribution is 6.32. The van der Waals surface area contributed by atoms with E-state index in [-0.39, 0.29) is 0 Å². The Morgan fingerprint density at radius 2 is 1.85 bits per heavy atom. The van der Waals surface area contributed by atoms with Crippen LogP contribution in [0, 0.1) is 12.8 Å². The standard InChI is InChI=1S/C26H33ClN6/c1-16-4-3-5-25(16)32-10-8-18(9-11-32)21-13-23-19(12-22(21)27)14-28-26(30-23)31-24-15-29-33(17(24)2)20-6-7-20/h12-16,18,20,25H,3-11H2,1-2H3,(H,28,30,31)/t16-,25?/m0/s1. The van der Waals surface area contributed by atoms with Crippen LogP contribution in [-0.2, 0) is 0 Å². The van der Waals surface area contributed by atoms with Gasteiger partial charge in [0.25, 0.3) is 0 Å². The molecule has 3 fully saturated rings. The van der Waals surface area contributed by atoms with Crippen LogP contribution in [-0.4, -0.2) is 43.8 Å². The summed E-state index contributed by atoms with van der Waals surface area (Å²) in [5.74, 6) is 1.95. The molecular weight excluding hydrogens is 432 g/mol. The largest absolute Gasteiger partial charge is 0.321 e. The van der Waals surface area contributed by atoms with Crippen molar-refractivity contribution in [3.05, 3.63) is 40.8 Å². The quantitative estimate of drug-likeness (QED) is 0.484. The second-order valence-electron chi connectivity index (χ2n) is 10.4. The second kappa shape index (κ2) is 8.55. The third-order valence-electron chi connectivity index (χ3n) is 8.14. The van der Waals surface area contributed by atoms with Gasteiger partial charge in [-0.1, -0.05) is 24.9 Å². The van der Waals surface area contributed by atoms with Crippen molar-refractivity contribution >= 4 is 34.1 Å². The summed E-state index contributed by atoms with van der Waals surface area (Å²) in [6.45, 7) is 6.88. The van der Waals surface area contributed by atoms with Crippen LogP contribution in [0.5, 0.6) is 0 Å². The summed E-state index contributed by atoms with van der Waals surface area (Å²) in [6.07, 6.45) is 12.7. The molecule has 174 valence electrons. The molecule has 1 aliphatic heterocycles. The van der Waals surface area contributed by atoms with E-state index in [0.717, 1.165) is 39.3 Å². The predicted octanol–water partition coefficient (Wildman–Crippen LogP) is 6.23. The summed E-state index contributed by atoms with van der Waals surface area (Å²) in [5, 5.41) is 9.75. The molecule has 0 bridgehead atoms. The number of rotatable bonds is 5. The Morgan fingerprint density at radius 3 is 2.58 bits per heavy atom. The van der Waals surface area contributed by atoms with Gasteiger partial charge in [-0.3, -0.25) is 4.68 Å². The number of halogens is 1. The van der Waals surface area contributed by atoms with Crippen molar-refractivity contribution in [3.63, 3.8) is 0 Å². The van der Waals surface area contributed by atoms with Gasteiger partial charge in [-0.15, -0.1) is 0 Å². The molecule has 1 aromatic carbocycles. The molecule has 6 nitrogen and oxygen atoms in total. The monoisotopic (exact) mass is 464 g/mol. The number of anilines is 2. The molecule has 3 aliphatic rings. The van der Waals surface area contributed by atoms with E-state index in [1.54, 1.807) is 0 Å². The van der Waals surface area contributed by atoms with Crippen LogP contribution >= 0.6 is 11.6 Å². The van der Waals surface area contributed by atoms with E-state index in [0.29, 0.717) is 17.9 Å². The predicted molar refractivity (Wildman–Crippen MR) is 133 cm³/mol. The van der Waals surface area contributed by atoms with Crippen LogP contribution in [0.25, 0.3) is 10.9 Å². The average molecular weight is 465 g/mol. The lowest BCUT2D eigenvalue weighted by atomic mass is 9.87. The molecule has 6 rings (SSSR count). The van der Waals surface area contributed by atoms with E-state index in [4.69, 9.17) is 16.6 Å². The van der Waals surface area contributed by atoms with Gasteiger partial charge in [-0.25, -0.2) is 9.97 Å². The van der Waals surface area contributed by atoms with Gasteiger partial charge in [0, 0.05) is 22.6 Å². The molecule has 3 heterocycles. The molecule has 2 atom stereocenters. The number of likely N-dealkylation sites (tertiary alicyclic amines) is 1. The number of hydrogen-bond acceptors (Lipinski definition) is 5. The van der Waals surface area contributed by atoms with Gasteiger partial charge in [0.05, 0.1) is 29.1 Å². The van der Waals surface area contributed by atoms with Gasteiger partial charge in [0.15, 0.2) is 0 Å². The number of piperidine rings is 1. The first kappa shape index (κ1) is 21.4. The third kappa shape index (κ3) is 4.12. The number of benzene rings is 1. The second-order valence-corrected chi connectivity index (χ2v) is 10.8. The molecule has 0 spiro atoms. The molecule has 7 heteroatoms. The lowest BCUT2D eigenvalue weighted by molar-refractivity contribution is 0.129. The molecule has 0 radical (unpaired) electrons. The van der Waals surface area contributed by atoms with Crippen LogP contribution in [0.2, 0.25) is 5.02 Å². The first-order chi connectivity index (χ1) is 16.1. The summed E-state index contributed by atoms with van der Waals surface area (Å²) >= 11 is 6.76. The van der Waals surface area contributed by atoms with E-state index in [1.165, 1.54) is 63.6 Å². The molecule has 2 saturated carbocycles. The first-order valence-corrected chi connectivity index (χ1v) is 13.0. The zero-order chi connectivity index (χ0) is 22.5. The maximum atomic E-state index is 6.76. The fourth-order valence-corrected chi connectivity index (χ4v) is 6.33. The molecule has 2 aromatic heterocycles. The summed E-state index contributed by atoms with van der Waals surface area (Å²) in [4.78, 5) is 12.1. The number of nitrogens with zero attached hydrogens (tertiary/aromatic N) is 5. The Balaban J connectivity index is 1.20. The number of nitrogens with one attached hydrogen (secondary N) is 1. The SMILES string of the molecule is Cc1c(Nc2ncc3cc(Cl)c(C4CCN(C5CCC[C@@H]5C)CC4)cc3n2)cnn1C1CC1. The Morgan fingerprint density at radius 1 is 1.03 bits per heavy atom. The Hall–Kier alpha value is -2.18. The van der Waals surface area contributed by atoms with Crippen molar-refractivity contribution in [1.29, 1.82) is 0 Å². The Labute approximate surface area is 200 Å². The van der Waals surface area contributed by atoms with Crippen molar-refractivity contribution in [1.82, 2.24) is 24.6 Å². The van der Waals surface area contributed by atoms with Crippen LogP contribution in [0.15, 0.2) is 24.5 Å². The Bertz CT molecular complexity index is 1160. The smallest absolute Gasteiger partial charge is 0.227 e. The lowest BCUT2D eigenvalue weighted by Crippen LogP contribution is -2.42. The summed E-state index contributed by atoms with van der Waals surface area (Å²) in [7, 11) is 0. The fraction of sp³-hybridized carbons (Fsp3) is 0.577. The van der Waals surface area contributed by atoms with Crippen LogP contribution in [0.1, 0.15) is 75.1 Å². The van der Waals surface area contributed by atoms with E-state index >= 15 is 0 Å². The fourth-order valence-electron chi connectivity index (χ4n) is 6.00. The first-order valence-electron chi connectivity index (χ1n) is 12.6. The molecule has 1 N–H and O–H groups in total. The lowest BCUT2D eigenvalue weighted by Gasteiger charge is -2.38. The Kier molecular flexibility index (Phi) is 5.53. The van der Waals surface area contributed by atoms with Crippen molar-refractivity contribution in [2.24, 2.45) is 5.92 Å². The van der Waals surface area contributed by atoms with Crippen molar-refractivity contribution in [2.75, 3.05) is 18.4 Å². The van der Waals surface area contributed by atoms with Crippen LogP contribution in [0.3, 0.4) is 0 Å². The maximum Gasteiger partial charge on any atom is 0.227 e. The molecule has 2 aliphatic carbocycles. The van der Waals surface area contributed by atoms with Crippen molar-refractivity contribution < 1.29 is 0 Å². The molecule has 1 saturated heterocycles. The minimum Gasteiger partial charge on any atom is -0.321 e. The van der Waals surface area contributed by atoms with Gasteiger partial charge in [0.2, 0.25) is 5.95 Å². The zero-order valence-electron chi connectivity index (χ0n) is 19.6. The normalized spacial score (nSPS) is 24.6. The third-order valence-corrected chi connectivity index (χ3v) is 8.46. The highest BCUT2D eigenvalue weighted by atomic mass is 35.5. The highest BCUT2D eigenvalue weighted by Crippen LogP contribution is 2.39. The van der Waals surface area contributed by atoms with E-state index < -0.39 is 0 Å². The average Bonchev–Trinajstić information content (AvgIpc) is 3.47. The number of fused-ring (bicyclic) bond motifs is 1. The van der Waals surface area contributed by atoms with Crippen molar-refractivity contribution in [3.8, 4) is 0 Å². The molecule has 3 aromatic rings. The maximum absolute atomic E-state index is 6.76. The summed E-state index contributed by atoms with van der Waals surface area (Å²) < 4.78 is 2.11. The van der Waals surface area contributed by atoms with E-state index in [9.17, 15) is 0 Å².